The molecule has 0 atom stereocenters. The molecule has 1 saturated carbocycles. The molecule has 0 amide bonds. The summed E-state index contributed by atoms with van der Waals surface area (Å²) in [6.45, 7) is -5.49. The van der Waals surface area contributed by atoms with Gasteiger partial charge in [0.15, 0.2) is 0 Å². The molecule has 1 nitrogen and oxygen atoms in total. The van der Waals surface area contributed by atoms with E-state index in [4.69, 9.17) is 0 Å². The second-order valence-corrected chi connectivity index (χ2v) is 3.75. The van der Waals surface area contributed by atoms with Gasteiger partial charge in [0, 0.05) is 13.1 Å². The Hall–Kier alpha value is 1.45. The molecule has 1 rings (SSSR count). The smallest absolute Gasteiger partial charge is 0.447 e. The van der Waals surface area contributed by atoms with Gasteiger partial charge in [-0.2, -0.15) is 0 Å². The van der Waals surface area contributed by atoms with E-state index in [1.165, 1.54) is 6.42 Å². The van der Waals surface area contributed by atoms with Crippen molar-refractivity contribution in [2.45, 2.75) is 32.1 Å². The third-order valence-corrected chi connectivity index (χ3v) is 2.39. The van der Waals surface area contributed by atoms with E-state index in [9.17, 15) is 12.9 Å². The molecule has 0 radical (unpaired) electrons. The molecule has 1 fully saturated rings. The fourth-order valence-electron chi connectivity index (χ4n) is 1.72. The van der Waals surface area contributed by atoms with Crippen LogP contribution >= 0.6 is 0 Å². The predicted octanol–water partition coefficient (Wildman–Crippen LogP) is -0.0261. The average Bonchev–Trinajstić information content (AvgIpc) is 2.04. The number of hydrogen-bond donors (Lipinski definition) is 0. The summed E-state index contributed by atoms with van der Waals surface area (Å²) >= 11 is 0. The summed E-state index contributed by atoms with van der Waals surface area (Å²) in [6, 6.07) is 0. The zero-order valence-corrected chi connectivity index (χ0v) is 11.8. The van der Waals surface area contributed by atoms with Crippen LogP contribution in [0.2, 0.25) is 0 Å². The molecule has 0 saturated heterocycles. The molecule has 0 aliphatic heterocycles. The summed E-state index contributed by atoms with van der Waals surface area (Å²) < 4.78 is 39.9. The van der Waals surface area contributed by atoms with Crippen LogP contribution in [-0.4, -0.2) is 20.1 Å². The molecular weight excluding hydrogens is 219 g/mol. The van der Waals surface area contributed by atoms with E-state index in [1.54, 1.807) is 0 Å². The number of hydrogen-bond acceptors (Lipinski definition) is 1. The van der Waals surface area contributed by atoms with Crippen molar-refractivity contribution < 1.29 is 69.1 Å². The minimum atomic E-state index is -4.75. The summed E-state index contributed by atoms with van der Waals surface area (Å²) in [5, 5.41) is 0. The van der Waals surface area contributed by atoms with Gasteiger partial charge in [0.1, 0.15) is 0 Å². The third kappa shape index (κ3) is 7.71. The van der Waals surface area contributed by atoms with Gasteiger partial charge in [-0.25, -0.2) is 0 Å². The topological polar surface area (TPSA) is 9.23 Å². The van der Waals surface area contributed by atoms with Gasteiger partial charge in [-0.3, -0.25) is 0 Å². The molecular formula is C8H15BF3KO. The van der Waals surface area contributed by atoms with Crippen molar-refractivity contribution in [1.82, 2.24) is 0 Å². The Morgan fingerprint density at radius 1 is 1.07 bits per heavy atom. The predicted molar refractivity (Wildman–Crippen MR) is 46.5 cm³/mol. The quantitative estimate of drug-likeness (QED) is 0.621. The molecule has 0 aromatic heterocycles. The second-order valence-electron chi connectivity index (χ2n) is 3.75. The maximum Gasteiger partial charge on any atom is 1.00 e. The van der Waals surface area contributed by atoms with E-state index < -0.39 is 13.5 Å². The molecule has 0 aromatic carbocycles. The molecule has 0 spiro atoms. The number of rotatable bonds is 4. The van der Waals surface area contributed by atoms with E-state index in [0.717, 1.165) is 25.7 Å². The van der Waals surface area contributed by atoms with Crippen molar-refractivity contribution in [2.75, 3.05) is 13.1 Å². The average molecular weight is 234 g/mol. The maximum absolute atomic E-state index is 11.7. The van der Waals surface area contributed by atoms with E-state index >= 15 is 0 Å². The van der Waals surface area contributed by atoms with Crippen LogP contribution in [0.1, 0.15) is 32.1 Å². The van der Waals surface area contributed by atoms with Gasteiger partial charge in [-0.05, 0) is 18.8 Å². The first-order chi connectivity index (χ1) is 6.08. The Bertz CT molecular complexity index is 148. The van der Waals surface area contributed by atoms with Crippen LogP contribution in [0.4, 0.5) is 12.9 Å². The fraction of sp³-hybridized carbons (Fsp3) is 1.00. The van der Waals surface area contributed by atoms with Crippen LogP contribution < -0.4 is 51.4 Å². The van der Waals surface area contributed by atoms with Gasteiger partial charge in [0.25, 0.3) is 0 Å². The fourth-order valence-corrected chi connectivity index (χ4v) is 1.72. The van der Waals surface area contributed by atoms with Crippen LogP contribution in [0.15, 0.2) is 0 Å². The van der Waals surface area contributed by atoms with E-state index in [-0.39, 0.29) is 51.4 Å². The first-order valence-electron chi connectivity index (χ1n) is 4.86. The number of halogens is 3. The van der Waals surface area contributed by atoms with Gasteiger partial charge >= 0.3 is 58.4 Å². The Kier molecular flexibility index (Phi) is 8.48. The number of ether oxygens (including phenoxy) is 1. The SMILES string of the molecule is F[B-](F)(F)COCC1CCCCC1.[K+]. The van der Waals surface area contributed by atoms with E-state index in [0.29, 0.717) is 12.5 Å². The van der Waals surface area contributed by atoms with E-state index in [2.05, 4.69) is 4.74 Å². The molecule has 6 heteroatoms. The van der Waals surface area contributed by atoms with Crippen LogP contribution in [0.5, 0.6) is 0 Å². The van der Waals surface area contributed by atoms with Crippen molar-refractivity contribution in [3.63, 3.8) is 0 Å². The Labute approximate surface area is 126 Å². The zero-order valence-electron chi connectivity index (χ0n) is 8.65. The van der Waals surface area contributed by atoms with Crippen molar-refractivity contribution in [3.05, 3.63) is 0 Å². The summed E-state index contributed by atoms with van der Waals surface area (Å²) in [7, 11) is 0. The summed E-state index contributed by atoms with van der Waals surface area (Å²) in [4.78, 5) is 0. The zero-order chi connectivity index (χ0) is 9.73. The van der Waals surface area contributed by atoms with Gasteiger partial charge in [-0.1, -0.05) is 19.3 Å². The van der Waals surface area contributed by atoms with Crippen molar-refractivity contribution >= 4 is 6.98 Å². The van der Waals surface area contributed by atoms with Gasteiger partial charge in [-0.15, -0.1) is 0 Å². The minimum absolute atomic E-state index is 0. The molecule has 0 bridgehead atoms. The van der Waals surface area contributed by atoms with Crippen molar-refractivity contribution in [3.8, 4) is 0 Å². The molecule has 14 heavy (non-hydrogen) atoms. The first-order valence-corrected chi connectivity index (χ1v) is 4.86. The Balaban J connectivity index is 0.00000169. The first kappa shape index (κ1) is 15.5. The second kappa shape index (κ2) is 7.68. The molecule has 0 aromatic rings. The van der Waals surface area contributed by atoms with Crippen LogP contribution in [-0.2, 0) is 4.74 Å². The molecule has 0 N–H and O–H groups in total. The monoisotopic (exact) mass is 234 g/mol. The maximum atomic E-state index is 11.7. The normalized spacial score (nSPS) is 19.1. The van der Waals surface area contributed by atoms with E-state index in [1.807, 2.05) is 0 Å². The van der Waals surface area contributed by atoms with Crippen LogP contribution in [0.3, 0.4) is 0 Å². The molecule has 0 heterocycles. The van der Waals surface area contributed by atoms with Gasteiger partial charge < -0.3 is 17.7 Å². The third-order valence-electron chi connectivity index (χ3n) is 2.39. The molecule has 78 valence electrons. The summed E-state index contributed by atoms with van der Waals surface area (Å²) in [5.41, 5.74) is 0. The standard InChI is InChI=1S/C8H15BF3O.K/c10-9(11,12)7-13-6-8-4-2-1-3-5-8;/h8H,1-7H2;/q-1;+1. The molecule has 1 aliphatic carbocycles. The summed E-state index contributed by atoms with van der Waals surface area (Å²) in [6.07, 6.45) is 5.58. The van der Waals surface area contributed by atoms with Crippen molar-refractivity contribution in [1.29, 1.82) is 0 Å². The largest absolute Gasteiger partial charge is 1.00 e. The van der Waals surface area contributed by atoms with Crippen molar-refractivity contribution in [2.24, 2.45) is 5.92 Å². The molecule has 1 aliphatic rings. The van der Waals surface area contributed by atoms with Gasteiger partial charge in [0.05, 0.1) is 0 Å². The molecule has 0 unspecified atom stereocenters. The Morgan fingerprint density at radius 3 is 2.14 bits per heavy atom. The van der Waals surface area contributed by atoms with Crippen LogP contribution in [0, 0.1) is 5.92 Å². The minimum Gasteiger partial charge on any atom is -0.447 e. The van der Waals surface area contributed by atoms with Crippen LogP contribution in [0.25, 0.3) is 0 Å². The summed E-state index contributed by atoms with van der Waals surface area (Å²) in [5.74, 6) is 0.367. The van der Waals surface area contributed by atoms with Gasteiger partial charge in [0.2, 0.25) is 0 Å². The Morgan fingerprint density at radius 2 is 1.64 bits per heavy atom.